The van der Waals surface area contributed by atoms with Crippen LogP contribution in [0, 0.1) is 0 Å². The molecule has 0 atom stereocenters. The van der Waals surface area contributed by atoms with Crippen molar-refractivity contribution in [3.63, 3.8) is 0 Å². The number of rotatable bonds is 7. The second kappa shape index (κ2) is 14.6. The Bertz CT molecular complexity index is 3410. The highest BCUT2D eigenvalue weighted by atomic mass is 16.3. The van der Waals surface area contributed by atoms with Crippen LogP contribution in [0.4, 0.5) is 0 Å². The molecule has 290 valence electrons. The second-order valence-corrected chi connectivity index (χ2v) is 15.2. The van der Waals surface area contributed by atoms with E-state index in [2.05, 4.69) is 78.9 Å². The standard InChI is InChI=1S/C55H33N5O2/c1-3-15-34(16-4-1)52-56-46(33-47(57-52)44-27-13-25-42-40-23-7-9-29-48(40)61-50(42)44)38-21-11-19-36(31-38)37-20-12-22-39(32-37)54-58-53(35-17-5-2-6-18-35)59-55(60-54)45-28-14-26-43-41-24-8-10-30-49(41)62-51(43)45/h1-33H. The van der Waals surface area contributed by atoms with E-state index in [1.807, 2.05) is 121 Å². The van der Waals surface area contributed by atoms with E-state index in [-0.39, 0.29) is 0 Å². The van der Waals surface area contributed by atoms with E-state index in [0.29, 0.717) is 23.3 Å². The minimum absolute atomic E-state index is 0.540. The average molecular weight is 796 g/mol. The van der Waals surface area contributed by atoms with Crippen molar-refractivity contribution < 1.29 is 8.83 Å². The first kappa shape index (κ1) is 35.4. The van der Waals surface area contributed by atoms with E-state index in [1.54, 1.807) is 0 Å². The van der Waals surface area contributed by atoms with Gasteiger partial charge in [0.2, 0.25) is 0 Å². The van der Waals surface area contributed by atoms with E-state index in [9.17, 15) is 0 Å². The van der Waals surface area contributed by atoms with Crippen LogP contribution in [0.2, 0.25) is 0 Å². The Kier molecular flexibility index (Phi) is 8.35. The van der Waals surface area contributed by atoms with Gasteiger partial charge in [0, 0.05) is 49.4 Å². The molecule has 0 N–H and O–H groups in total. The van der Waals surface area contributed by atoms with Gasteiger partial charge >= 0.3 is 0 Å². The van der Waals surface area contributed by atoms with Gasteiger partial charge in [0.15, 0.2) is 23.3 Å². The first-order valence-electron chi connectivity index (χ1n) is 20.5. The van der Waals surface area contributed by atoms with Gasteiger partial charge in [0.25, 0.3) is 0 Å². The quantitative estimate of drug-likeness (QED) is 0.159. The molecule has 0 bridgehead atoms. The molecule has 7 nitrogen and oxygen atoms in total. The van der Waals surface area contributed by atoms with Crippen molar-refractivity contribution in [3.05, 3.63) is 200 Å². The molecular formula is C55H33N5O2. The molecule has 12 rings (SSSR count). The number of aromatic nitrogens is 5. The Morgan fingerprint density at radius 3 is 1.32 bits per heavy atom. The summed E-state index contributed by atoms with van der Waals surface area (Å²) in [4.78, 5) is 25.5. The van der Waals surface area contributed by atoms with Gasteiger partial charge in [0.05, 0.1) is 17.0 Å². The molecule has 12 aromatic rings. The van der Waals surface area contributed by atoms with E-state index < -0.39 is 0 Å². The molecular weight excluding hydrogens is 763 g/mol. The third-order valence-electron chi connectivity index (χ3n) is 11.4. The van der Waals surface area contributed by atoms with E-state index in [4.69, 9.17) is 33.8 Å². The number of benzene rings is 8. The fourth-order valence-electron chi connectivity index (χ4n) is 8.36. The average Bonchev–Trinajstić information content (AvgIpc) is 3.93. The molecule has 62 heavy (non-hydrogen) atoms. The number of nitrogens with zero attached hydrogens (tertiary/aromatic N) is 5. The van der Waals surface area contributed by atoms with Gasteiger partial charge in [-0.05, 0) is 53.6 Å². The molecule has 0 aliphatic rings. The number of hydrogen-bond donors (Lipinski definition) is 0. The predicted octanol–water partition coefficient (Wildman–Crippen LogP) is 14.1. The number of fused-ring (bicyclic) bond motifs is 6. The Balaban J connectivity index is 0.973. The van der Waals surface area contributed by atoms with Crippen LogP contribution in [-0.4, -0.2) is 24.9 Å². The molecule has 4 heterocycles. The molecule has 0 saturated heterocycles. The summed E-state index contributed by atoms with van der Waals surface area (Å²) < 4.78 is 12.9. The molecule has 8 aromatic carbocycles. The maximum atomic E-state index is 6.47. The Morgan fingerprint density at radius 2 is 0.677 bits per heavy atom. The first-order chi connectivity index (χ1) is 30.7. The Labute approximate surface area is 355 Å². The normalized spacial score (nSPS) is 11.5. The first-order valence-corrected chi connectivity index (χ1v) is 20.5. The maximum absolute atomic E-state index is 6.47. The third-order valence-corrected chi connectivity index (χ3v) is 11.4. The zero-order valence-electron chi connectivity index (χ0n) is 33.1. The van der Waals surface area contributed by atoms with Crippen LogP contribution in [0.1, 0.15) is 0 Å². The van der Waals surface area contributed by atoms with Crippen molar-refractivity contribution in [1.29, 1.82) is 0 Å². The molecule has 0 saturated carbocycles. The molecule has 0 radical (unpaired) electrons. The second-order valence-electron chi connectivity index (χ2n) is 15.2. The van der Waals surface area contributed by atoms with Gasteiger partial charge in [-0.15, -0.1) is 0 Å². The lowest BCUT2D eigenvalue weighted by Gasteiger charge is -2.12. The lowest BCUT2D eigenvalue weighted by molar-refractivity contribution is 0.669. The van der Waals surface area contributed by atoms with Crippen molar-refractivity contribution in [2.75, 3.05) is 0 Å². The minimum atomic E-state index is 0.540. The Hall–Kier alpha value is -8.55. The monoisotopic (exact) mass is 795 g/mol. The lowest BCUT2D eigenvalue weighted by Crippen LogP contribution is -2.00. The van der Waals surface area contributed by atoms with Gasteiger partial charge < -0.3 is 8.83 Å². The third kappa shape index (κ3) is 6.19. The fraction of sp³-hybridized carbons (Fsp3) is 0. The number of para-hydroxylation sites is 4. The fourth-order valence-corrected chi connectivity index (χ4v) is 8.36. The molecule has 0 unspecified atom stereocenters. The van der Waals surface area contributed by atoms with E-state index in [0.717, 1.165) is 99.8 Å². The smallest absolute Gasteiger partial charge is 0.167 e. The summed E-state index contributed by atoms with van der Waals surface area (Å²) >= 11 is 0. The van der Waals surface area contributed by atoms with Gasteiger partial charge in [-0.1, -0.05) is 158 Å². The highest BCUT2D eigenvalue weighted by Gasteiger charge is 2.19. The minimum Gasteiger partial charge on any atom is -0.455 e. The summed E-state index contributed by atoms with van der Waals surface area (Å²) in [7, 11) is 0. The van der Waals surface area contributed by atoms with Crippen LogP contribution in [0.5, 0.6) is 0 Å². The summed E-state index contributed by atoms with van der Waals surface area (Å²) in [5.41, 5.74) is 12.2. The van der Waals surface area contributed by atoms with E-state index >= 15 is 0 Å². The van der Waals surface area contributed by atoms with Gasteiger partial charge in [0.1, 0.15) is 22.3 Å². The van der Waals surface area contributed by atoms with Gasteiger partial charge in [-0.3, -0.25) is 0 Å². The van der Waals surface area contributed by atoms with E-state index in [1.165, 1.54) is 0 Å². The molecule has 7 heteroatoms. The van der Waals surface area contributed by atoms with Crippen LogP contribution in [0.25, 0.3) is 123 Å². The SMILES string of the molecule is c1ccc(-c2nc(-c3cccc(-c4cccc(-c5nc(-c6ccccc6)nc(-c6cccc7c6oc6ccccc67)n5)c4)c3)cc(-c3cccc4c3oc3ccccc34)n2)cc1. The van der Waals surface area contributed by atoms with Crippen LogP contribution >= 0.6 is 0 Å². The molecule has 0 aliphatic carbocycles. The number of hydrogen-bond acceptors (Lipinski definition) is 7. The lowest BCUT2D eigenvalue weighted by atomic mass is 9.98. The van der Waals surface area contributed by atoms with Crippen molar-refractivity contribution in [1.82, 2.24) is 24.9 Å². The summed E-state index contributed by atoms with van der Waals surface area (Å²) in [6.45, 7) is 0. The highest BCUT2D eigenvalue weighted by Crippen LogP contribution is 2.39. The zero-order valence-corrected chi connectivity index (χ0v) is 33.1. The van der Waals surface area contributed by atoms with Gasteiger partial charge in [-0.2, -0.15) is 0 Å². The molecule has 0 amide bonds. The van der Waals surface area contributed by atoms with Crippen molar-refractivity contribution in [3.8, 4) is 79.2 Å². The maximum Gasteiger partial charge on any atom is 0.167 e. The summed E-state index contributed by atoms with van der Waals surface area (Å²) in [5, 5.41) is 4.19. The highest BCUT2D eigenvalue weighted by molar-refractivity contribution is 6.10. The van der Waals surface area contributed by atoms with Crippen molar-refractivity contribution >= 4 is 43.9 Å². The van der Waals surface area contributed by atoms with Crippen molar-refractivity contribution in [2.45, 2.75) is 0 Å². The largest absolute Gasteiger partial charge is 0.455 e. The van der Waals surface area contributed by atoms with Gasteiger partial charge in [-0.25, -0.2) is 24.9 Å². The summed E-state index contributed by atoms with van der Waals surface area (Å²) in [6.07, 6.45) is 0. The van der Waals surface area contributed by atoms with Crippen LogP contribution in [-0.2, 0) is 0 Å². The molecule has 0 fully saturated rings. The molecule has 4 aromatic heterocycles. The van der Waals surface area contributed by atoms with Crippen molar-refractivity contribution in [2.24, 2.45) is 0 Å². The Morgan fingerprint density at radius 1 is 0.258 bits per heavy atom. The predicted molar refractivity (Wildman–Crippen MR) is 248 cm³/mol. The van der Waals surface area contributed by atoms with Crippen LogP contribution in [0.3, 0.4) is 0 Å². The molecule has 0 spiro atoms. The summed E-state index contributed by atoms with van der Waals surface area (Å²) in [6, 6.07) is 67.6. The zero-order chi connectivity index (χ0) is 41.0. The van der Waals surface area contributed by atoms with Crippen LogP contribution < -0.4 is 0 Å². The van der Waals surface area contributed by atoms with Crippen LogP contribution in [0.15, 0.2) is 209 Å². The number of furan rings is 2. The topological polar surface area (TPSA) is 90.7 Å². The molecule has 0 aliphatic heterocycles. The summed E-state index contributed by atoms with van der Waals surface area (Å²) in [5.74, 6) is 2.32.